The molecule has 0 saturated carbocycles. The molecule has 5 nitrogen and oxygen atoms in total. The highest BCUT2D eigenvalue weighted by Gasteiger charge is 2.18. The SMILES string of the molecule is Cc1cc(OCC(=O)O[C@H](C)C(=O)Nc2ccc(F)cc2)ccc1Cl. The molecule has 132 valence electrons. The van der Waals surface area contributed by atoms with Crippen molar-refractivity contribution in [3.8, 4) is 5.75 Å². The van der Waals surface area contributed by atoms with Gasteiger partial charge in [0, 0.05) is 10.7 Å². The van der Waals surface area contributed by atoms with Crippen LogP contribution in [-0.2, 0) is 14.3 Å². The number of nitrogens with one attached hydrogen (secondary N) is 1. The summed E-state index contributed by atoms with van der Waals surface area (Å²) in [7, 11) is 0. The molecule has 0 aliphatic rings. The Kier molecular flexibility index (Phi) is 6.36. The molecule has 1 N–H and O–H groups in total. The van der Waals surface area contributed by atoms with Crippen molar-refractivity contribution in [2.24, 2.45) is 0 Å². The first-order valence-electron chi connectivity index (χ1n) is 7.50. The number of rotatable bonds is 6. The predicted molar refractivity (Wildman–Crippen MR) is 92.3 cm³/mol. The number of anilines is 1. The van der Waals surface area contributed by atoms with E-state index in [0.717, 1.165) is 5.56 Å². The Labute approximate surface area is 149 Å². The van der Waals surface area contributed by atoms with Crippen LogP contribution in [-0.4, -0.2) is 24.6 Å². The van der Waals surface area contributed by atoms with E-state index in [0.29, 0.717) is 16.5 Å². The Morgan fingerprint density at radius 3 is 2.52 bits per heavy atom. The van der Waals surface area contributed by atoms with Gasteiger partial charge in [0.05, 0.1) is 0 Å². The molecular formula is C18H17ClFNO4. The van der Waals surface area contributed by atoms with Gasteiger partial charge in [0.1, 0.15) is 11.6 Å². The molecule has 0 aliphatic carbocycles. The summed E-state index contributed by atoms with van der Waals surface area (Å²) in [5, 5.41) is 3.12. The smallest absolute Gasteiger partial charge is 0.344 e. The number of halogens is 2. The summed E-state index contributed by atoms with van der Waals surface area (Å²) in [6, 6.07) is 10.2. The minimum absolute atomic E-state index is 0.338. The van der Waals surface area contributed by atoms with E-state index in [4.69, 9.17) is 21.1 Å². The first-order valence-corrected chi connectivity index (χ1v) is 7.88. The van der Waals surface area contributed by atoms with Gasteiger partial charge in [-0.2, -0.15) is 0 Å². The van der Waals surface area contributed by atoms with Crippen LogP contribution in [0.5, 0.6) is 5.75 Å². The molecule has 0 aliphatic heterocycles. The third-order valence-electron chi connectivity index (χ3n) is 3.28. The largest absolute Gasteiger partial charge is 0.482 e. The normalized spacial score (nSPS) is 11.5. The number of hydrogen-bond acceptors (Lipinski definition) is 4. The molecule has 25 heavy (non-hydrogen) atoms. The Hall–Kier alpha value is -2.60. The summed E-state index contributed by atoms with van der Waals surface area (Å²) in [6.07, 6.45) is -1.02. The van der Waals surface area contributed by atoms with Gasteiger partial charge in [-0.3, -0.25) is 4.79 Å². The number of hydrogen-bond donors (Lipinski definition) is 1. The van der Waals surface area contributed by atoms with Crippen molar-refractivity contribution >= 4 is 29.2 Å². The molecule has 0 heterocycles. The minimum atomic E-state index is -1.02. The van der Waals surface area contributed by atoms with Gasteiger partial charge < -0.3 is 14.8 Å². The number of aryl methyl sites for hydroxylation is 1. The highest BCUT2D eigenvalue weighted by molar-refractivity contribution is 6.31. The first-order chi connectivity index (χ1) is 11.8. The summed E-state index contributed by atoms with van der Waals surface area (Å²) >= 11 is 5.91. The van der Waals surface area contributed by atoms with Gasteiger partial charge in [-0.25, -0.2) is 9.18 Å². The molecule has 2 aromatic carbocycles. The van der Waals surface area contributed by atoms with Crippen molar-refractivity contribution in [2.75, 3.05) is 11.9 Å². The molecule has 0 saturated heterocycles. The molecule has 0 radical (unpaired) electrons. The maximum atomic E-state index is 12.8. The third kappa shape index (κ3) is 5.76. The van der Waals surface area contributed by atoms with E-state index in [2.05, 4.69) is 5.32 Å². The van der Waals surface area contributed by atoms with E-state index in [1.54, 1.807) is 18.2 Å². The second kappa shape index (κ2) is 8.48. The summed E-state index contributed by atoms with van der Waals surface area (Å²) in [4.78, 5) is 23.7. The van der Waals surface area contributed by atoms with Crippen molar-refractivity contribution in [2.45, 2.75) is 20.0 Å². The molecule has 2 rings (SSSR count). The average Bonchev–Trinajstić information content (AvgIpc) is 2.58. The van der Waals surface area contributed by atoms with Crippen LogP contribution in [0, 0.1) is 12.7 Å². The molecule has 7 heteroatoms. The molecule has 1 atom stereocenters. The lowest BCUT2D eigenvalue weighted by Crippen LogP contribution is -2.31. The van der Waals surface area contributed by atoms with Crippen LogP contribution in [0.15, 0.2) is 42.5 Å². The fraction of sp³-hybridized carbons (Fsp3) is 0.222. The van der Waals surface area contributed by atoms with Crippen LogP contribution in [0.2, 0.25) is 5.02 Å². The van der Waals surface area contributed by atoms with E-state index in [-0.39, 0.29) is 6.61 Å². The van der Waals surface area contributed by atoms with Crippen LogP contribution in [0.25, 0.3) is 0 Å². The minimum Gasteiger partial charge on any atom is -0.482 e. The molecule has 0 spiro atoms. The number of ether oxygens (including phenoxy) is 2. The van der Waals surface area contributed by atoms with Crippen molar-refractivity contribution in [3.63, 3.8) is 0 Å². The van der Waals surface area contributed by atoms with Gasteiger partial charge in [-0.1, -0.05) is 11.6 Å². The first kappa shape index (κ1) is 18.7. The topological polar surface area (TPSA) is 64.6 Å². The Morgan fingerprint density at radius 2 is 1.88 bits per heavy atom. The van der Waals surface area contributed by atoms with E-state index < -0.39 is 23.8 Å². The second-order valence-electron chi connectivity index (χ2n) is 5.33. The molecule has 1 amide bonds. The zero-order valence-electron chi connectivity index (χ0n) is 13.7. The van der Waals surface area contributed by atoms with Crippen molar-refractivity contribution in [3.05, 3.63) is 58.9 Å². The lowest BCUT2D eigenvalue weighted by atomic mass is 10.2. The average molecular weight is 366 g/mol. The monoisotopic (exact) mass is 365 g/mol. The number of esters is 1. The van der Waals surface area contributed by atoms with Crippen LogP contribution in [0.1, 0.15) is 12.5 Å². The van der Waals surface area contributed by atoms with E-state index in [1.165, 1.54) is 31.2 Å². The van der Waals surface area contributed by atoms with Crippen molar-refractivity contribution in [1.29, 1.82) is 0 Å². The predicted octanol–water partition coefficient (Wildman–Crippen LogP) is 3.74. The second-order valence-corrected chi connectivity index (χ2v) is 5.74. The standard InChI is InChI=1S/C18H17ClFNO4/c1-11-9-15(7-8-16(11)19)24-10-17(22)25-12(2)18(23)21-14-5-3-13(20)4-6-14/h3-9,12H,10H2,1-2H3,(H,21,23)/t12-/m1/s1. The van der Waals surface area contributed by atoms with E-state index in [1.807, 2.05) is 6.92 Å². The van der Waals surface area contributed by atoms with Crippen LogP contribution < -0.4 is 10.1 Å². The molecule has 2 aromatic rings. The van der Waals surface area contributed by atoms with Gasteiger partial charge in [-0.05, 0) is 61.9 Å². The maximum Gasteiger partial charge on any atom is 0.344 e. The summed E-state index contributed by atoms with van der Waals surface area (Å²) in [5.41, 5.74) is 1.22. The lowest BCUT2D eigenvalue weighted by Gasteiger charge is -2.14. The Balaban J connectivity index is 1.81. The summed E-state index contributed by atoms with van der Waals surface area (Å²) in [5.74, 6) is -1.15. The molecule has 0 aromatic heterocycles. The van der Waals surface area contributed by atoms with Crippen LogP contribution in [0.3, 0.4) is 0 Å². The summed E-state index contributed by atoms with van der Waals surface area (Å²) in [6.45, 7) is 2.91. The quantitative estimate of drug-likeness (QED) is 0.792. The van der Waals surface area contributed by atoms with Crippen LogP contribution in [0.4, 0.5) is 10.1 Å². The van der Waals surface area contributed by atoms with Crippen LogP contribution >= 0.6 is 11.6 Å². The number of amides is 1. The number of carbonyl (C=O) groups excluding carboxylic acids is 2. The fourth-order valence-corrected chi connectivity index (χ4v) is 2.03. The molecule has 0 unspecified atom stereocenters. The summed E-state index contributed by atoms with van der Waals surface area (Å²) < 4.78 is 23.1. The lowest BCUT2D eigenvalue weighted by molar-refractivity contribution is -0.155. The van der Waals surface area contributed by atoms with Gasteiger partial charge in [0.25, 0.3) is 5.91 Å². The number of carbonyl (C=O) groups is 2. The van der Waals surface area contributed by atoms with Gasteiger partial charge in [-0.15, -0.1) is 0 Å². The molecule has 0 bridgehead atoms. The zero-order chi connectivity index (χ0) is 18.4. The van der Waals surface area contributed by atoms with Gasteiger partial charge in [0.2, 0.25) is 0 Å². The zero-order valence-corrected chi connectivity index (χ0v) is 14.5. The van der Waals surface area contributed by atoms with Gasteiger partial charge in [0.15, 0.2) is 12.7 Å². The maximum absolute atomic E-state index is 12.8. The highest BCUT2D eigenvalue weighted by Crippen LogP contribution is 2.21. The number of benzene rings is 2. The Bertz CT molecular complexity index is 764. The molecular weight excluding hydrogens is 349 g/mol. The van der Waals surface area contributed by atoms with Crippen molar-refractivity contribution < 1.29 is 23.5 Å². The Morgan fingerprint density at radius 1 is 1.20 bits per heavy atom. The van der Waals surface area contributed by atoms with E-state index >= 15 is 0 Å². The fourth-order valence-electron chi connectivity index (χ4n) is 1.91. The molecule has 0 fully saturated rings. The van der Waals surface area contributed by atoms with Crippen molar-refractivity contribution in [1.82, 2.24) is 0 Å². The highest BCUT2D eigenvalue weighted by atomic mass is 35.5. The third-order valence-corrected chi connectivity index (χ3v) is 3.70. The van der Waals surface area contributed by atoms with E-state index in [9.17, 15) is 14.0 Å². The van der Waals surface area contributed by atoms with Gasteiger partial charge >= 0.3 is 5.97 Å².